The fraction of sp³-hybridized carbons (Fsp3) is 0.562. The van der Waals surface area contributed by atoms with Crippen LogP contribution in [0, 0.1) is 11.8 Å². The number of piperidine rings is 1. The summed E-state index contributed by atoms with van der Waals surface area (Å²) in [4.78, 5) is 13.1. The predicted octanol–water partition coefficient (Wildman–Crippen LogP) is 0.566. The van der Waals surface area contributed by atoms with Crippen molar-refractivity contribution in [2.24, 2.45) is 11.8 Å². The largest absolute Gasteiger partial charge is 0.478 e. The van der Waals surface area contributed by atoms with E-state index in [0.29, 0.717) is 6.54 Å². The van der Waals surface area contributed by atoms with Gasteiger partial charge in [-0.25, -0.2) is 13.2 Å². The first kappa shape index (κ1) is 18.9. The van der Waals surface area contributed by atoms with E-state index in [2.05, 4.69) is 0 Å². The van der Waals surface area contributed by atoms with Crippen LogP contribution in [-0.4, -0.2) is 74.1 Å². The number of aromatic carboxylic acids is 1. The first-order valence-corrected chi connectivity index (χ1v) is 9.27. The minimum absolute atomic E-state index is 0.0235. The minimum Gasteiger partial charge on any atom is -0.478 e. The van der Waals surface area contributed by atoms with E-state index in [4.69, 9.17) is 5.11 Å². The van der Waals surface area contributed by atoms with Crippen molar-refractivity contribution in [2.75, 3.05) is 40.3 Å². The highest BCUT2D eigenvalue weighted by Crippen LogP contribution is 2.27. The van der Waals surface area contributed by atoms with E-state index in [1.54, 1.807) is 0 Å². The van der Waals surface area contributed by atoms with Gasteiger partial charge in [0.1, 0.15) is 0 Å². The molecule has 0 amide bonds. The Kier molecular flexibility index (Phi) is 5.97. The molecule has 2 unspecified atom stereocenters. The number of hydrogen-bond acceptors (Lipinski definition) is 5. The van der Waals surface area contributed by atoms with Crippen molar-refractivity contribution in [3.8, 4) is 0 Å². The van der Waals surface area contributed by atoms with Crippen molar-refractivity contribution in [2.45, 2.75) is 11.3 Å². The highest BCUT2D eigenvalue weighted by molar-refractivity contribution is 7.89. The molecule has 2 N–H and O–H groups in total. The van der Waals surface area contributed by atoms with Gasteiger partial charge in [-0.1, -0.05) is 6.07 Å². The molecule has 7 nitrogen and oxygen atoms in total. The van der Waals surface area contributed by atoms with Crippen LogP contribution in [0.1, 0.15) is 16.8 Å². The van der Waals surface area contributed by atoms with Gasteiger partial charge in [0.05, 0.1) is 10.5 Å². The molecule has 134 valence electrons. The third kappa shape index (κ3) is 4.32. The summed E-state index contributed by atoms with van der Waals surface area (Å²) in [5.74, 6) is -1.14. The molecular formula is C16H24N2O5S. The monoisotopic (exact) mass is 356 g/mol. The number of carboxylic acids is 1. The van der Waals surface area contributed by atoms with Crippen LogP contribution in [0.4, 0.5) is 0 Å². The standard InChI is InChI=1S/C16H24N2O5S/c1-17(2)8-12-6-13(11-19)10-18(9-12)24(22,23)15-5-3-4-14(7-15)16(20)21/h3-5,7,12-13,19H,6,8-11H2,1-2H3,(H,20,21). The summed E-state index contributed by atoms with van der Waals surface area (Å²) >= 11 is 0. The molecule has 1 fully saturated rings. The van der Waals surface area contributed by atoms with E-state index in [1.807, 2.05) is 19.0 Å². The number of nitrogens with zero attached hydrogens (tertiary/aromatic N) is 2. The van der Waals surface area contributed by atoms with E-state index in [9.17, 15) is 18.3 Å². The molecule has 0 spiro atoms. The lowest BCUT2D eigenvalue weighted by Gasteiger charge is -2.37. The van der Waals surface area contributed by atoms with Gasteiger partial charge < -0.3 is 15.1 Å². The average molecular weight is 356 g/mol. The summed E-state index contributed by atoms with van der Waals surface area (Å²) < 4.78 is 27.2. The fourth-order valence-electron chi connectivity index (χ4n) is 3.19. The van der Waals surface area contributed by atoms with Crippen LogP contribution in [0.15, 0.2) is 29.2 Å². The Bertz CT molecular complexity index is 689. The summed E-state index contributed by atoms with van der Waals surface area (Å²) in [5.41, 5.74) is -0.0587. The third-order valence-corrected chi connectivity index (χ3v) is 6.02. The second-order valence-corrected chi connectivity index (χ2v) is 8.51. The van der Waals surface area contributed by atoms with Gasteiger partial charge in [-0.15, -0.1) is 0 Å². The molecule has 0 radical (unpaired) electrons. The van der Waals surface area contributed by atoms with Gasteiger partial charge in [0.2, 0.25) is 10.0 Å². The molecule has 2 atom stereocenters. The molecule has 0 aliphatic carbocycles. The minimum atomic E-state index is -3.79. The predicted molar refractivity (Wildman–Crippen MR) is 89.4 cm³/mol. The smallest absolute Gasteiger partial charge is 0.335 e. The van der Waals surface area contributed by atoms with Gasteiger partial charge >= 0.3 is 5.97 Å². The summed E-state index contributed by atoms with van der Waals surface area (Å²) in [6.07, 6.45) is 0.774. The number of aliphatic hydroxyl groups excluding tert-OH is 1. The maximum atomic E-state index is 12.9. The Morgan fingerprint density at radius 3 is 2.54 bits per heavy atom. The molecule has 1 aliphatic rings. The average Bonchev–Trinajstić information content (AvgIpc) is 2.53. The summed E-state index contributed by atoms with van der Waals surface area (Å²) in [5, 5.41) is 18.6. The maximum Gasteiger partial charge on any atom is 0.335 e. The highest BCUT2D eigenvalue weighted by Gasteiger charge is 2.35. The lowest BCUT2D eigenvalue weighted by molar-refractivity contribution is 0.0696. The van der Waals surface area contributed by atoms with Gasteiger partial charge in [0, 0.05) is 26.2 Å². The summed E-state index contributed by atoms with van der Waals surface area (Å²) in [6, 6.07) is 5.39. The van der Waals surface area contributed by atoms with E-state index in [-0.39, 0.29) is 35.4 Å². The molecule has 1 aromatic carbocycles. The molecule has 0 saturated carbocycles. The quantitative estimate of drug-likeness (QED) is 0.773. The van der Waals surface area contributed by atoms with Crippen molar-refractivity contribution in [1.82, 2.24) is 9.21 Å². The fourth-order valence-corrected chi connectivity index (χ4v) is 4.83. The topological polar surface area (TPSA) is 98.2 Å². The molecule has 1 aliphatic heterocycles. The molecule has 1 heterocycles. The number of hydrogen-bond donors (Lipinski definition) is 2. The molecule has 24 heavy (non-hydrogen) atoms. The van der Waals surface area contributed by atoms with Crippen molar-refractivity contribution < 1.29 is 23.4 Å². The Morgan fingerprint density at radius 2 is 1.96 bits per heavy atom. The number of carbonyl (C=O) groups is 1. The molecule has 0 aromatic heterocycles. The van der Waals surface area contributed by atoms with Crippen molar-refractivity contribution in [1.29, 1.82) is 0 Å². The van der Waals surface area contributed by atoms with Gasteiger partial charge in [-0.2, -0.15) is 4.31 Å². The summed E-state index contributed by atoms with van der Waals surface area (Å²) in [7, 11) is 0.0672. The number of sulfonamides is 1. The van der Waals surface area contributed by atoms with Crippen LogP contribution in [0.25, 0.3) is 0 Å². The second-order valence-electron chi connectivity index (χ2n) is 6.57. The van der Waals surface area contributed by atoms with Crippen LogP contribution in [-0.2, 0) is 10.0 Å². The van der Waals surface area contributed by atoms with E-state index in [1.165, 1.54) is 28.6 Å². The van der Waals surface area contributed by atoms with Crippen LogP contribution in [0.3, 0.4) is 0 Å². The zero-order chi connectivity index (χ0) is 17.9. The zero-order valence-corrected chi connectivity index (χ0v) is 14.7. The van der Waals surface area contributed by atoms with Crippen LogP contribution < -0.4 is 0 Å². The molecule has 2 rings (SSSR count). The lowest BCUT2D eigenvalue weighted by atomic mass is 9.91. The van der Waals surface area contributed by atoms with E-state index < -0.39 is 16.0 Å². The van der Waals surface area contributed by atoms with Crippen molar-refractivity contribution in [3.05, 3.63) is 29.8 Å². The zero-order valence-electron chi connectivity index (χ0n) is 13.9. The first-order valence-electron chi connectivity index (χ1n) is 7.83. The van der Waals surface area contributed by atoms with Crippen molar-refractivity contribution in [3.63, 3.8) is 0 Å². The van der Waals surface area contributed by atoms with Gasteiger partial charge in [0.15, 0.2) is 0 Å². The Hall–Kier alpha value is -1.48. The number of benzene rings is 1. The molecule has 0 bridgehead atoms. The molecule has 8 heteroatoms. The van der Waals surface area contributed by atoms with Crippen LogP contribution >= 0.6 is 0 Å². The highest BCUT2D eigenvalue weighted by atomic mass is 32.2. The number of aliphatic hydroxyl groups is 1. The normalized spacial score (nSPS) is 22.7. The SMILES string of the molecule is CN(C)CC1CC(CO)CN(S(=O)(=O)c2cccc(C(=O)O)c2)C1. The first-order chi connectivity index (χ1) is 11.2. The second kappa shape index (κ2) is 7.60. The lowest BCUT2D eigenvalue weighted by Crippen LogP contribution is -2.47. The van der Waals surface area contributed by atoms with Crippen LogP contribution in [0.2, 0.25) is 0 Å². The van der Waals surface area contributed by atoms with Gasteiger partial charge in [-0.05, 0) is 50.6 Å². The number of carboxylic acid groups (broad SMARTS) is 1. The Labute approximate surface area is 142 Å². The van der Waals surface area contributed by atoms with E-state index >= 15 is 0 Å². The van der Waals surface area contributed by atoms with E-state index in [0.717, 1.165) is 13.0 Å². The molecular weight excluding hydrogens is 332 g/mol. The maximum absolute atomic E-state index is 12.9. The number of rotatable bonds is 6. The third-order valence-electron chi connectivity index (χ3n) is 4.19. The Balaban J connectivity index is 2.29. The molecule has 1 saturated heterocycles. The van der Waals surface area contributed by atoms with Crippen molar-refractivity contribution >= 4 is 16.0 Å². The summed E-state index contributed by atoms with van der Waals surface area (Å²) in [6.45, 7) is 1.29. The molecule has 1 aromatic rings. The van der Waals surface area contributed by atoms with Crippen LogP contribution in [0.5, 0.6) is 0 Å². The van der Waals surface area contributed by atoms with Gasteiger partial charge in [0.25, 0.3) is 0 Å². The Morgan fingerprint density at radius 1 is 1.29 bits per heavy atom. The van der Waals surface area contributed by atoms with Gasteiger partial charge in [-0.3, -0.25) is 0 Å².